The second-order valence-electron chi connectivity index (χ2n) is 9.25. The molecule has 0 unspecified atom stereocenters. The Morgan fingerprint density at radius 1 is 0.718 bits per heavy atom. The molecule has 0 aromatic heterocycles. The quantitative estimate of drug-likeness (QED) is 0.105. The van der Waals surface area contributed by atoms with Crippen molar-refractivity contribution in [3.8, 4) is 11.5 Å². The molecule has 0 amide bonds. The third kappa shape index (κ3) is 8.36. The summed E-state index contributed by atoms with van der Waals surface area (Å²) in [4.78, 5) is 1.87. The molecule has 0 bridgehead atoms. The Labute approximate surface area is 229 Å². The molecule has 0 spiro atoms. The lowest BCUT2D eigenvalue weighted by atomic mass is 10.0. The van der Waals surface area contributed by atoms with Gasteiger partial charge in [-0.1, -0.05) is 23.8 Å². The molecular formula is C30H39N3O6. The SMILES string of the molecule is Cc1c(O)c(Nc2ccc(/C=C(\CCO)CCCO)cc2)cc(Nc2ccc(N(CCO)CCO)cc2)c1O. The van der Waals surface area contributed by atoms with Crippen molar-refractivity contribution in [1.82, 2.24) is 0 Å². The number of hydrogen-bond donors (Lipinski definition) is 8. The van der Waals surface area contributed by atoms with Gasteiger partial charge in [0.25, 0.3) is 0 Å². The fourth-order valence-electron chi connectivity index (χ4n) is 4.28. The lowest BCUT2D eigenvalue weighted by Crippen LogP contribution is -2.29. The van der Waals surface area contributed by atoms with E-state index in [-0.39, 0.29) is 37.9 Å². The molecular weight excluding hydrogens is 498 g/mol. The van der Waals surface area contributed by atoms with Gasteiger partial charge in [-0.25, -0.2) is 0 Å². The summed E-state index contributed by atoms with van der Waals surface area (Å²) in [6.45, 7) is 2.57. The third-order valence-electron chi connectivity index (χ3n) is 6.41. The lowest BCUT2D eigenvalue weighted by Gasteiger charge is -2.23. The van der Waals surface area contributed by atoms with Crippen LogP contribution in [0.4, 0.5) is 28.4 Å². The maximum absolute atomic E-state index is 10.7. The molecule has 0 aliphatic rings. The van der Waals surface area contributed by atoms with Crippen LogP contribution in [0.2, 0.25) is 0 Å². The Balaban J connectivity index is 1.78. The zero-order valence-electron chi connectivity index (χ0n) is 22.3. The van der Waals surface area contributed by atoms with Crippen LogP contribution in [0.1, 0.15) is 30.4 Å². The summed E-state index contributed by atoms with van der Waals surface area (Å²) in [5.41, 5.74) is 5.52. The van der Waals surface area contributed by atoms with Crippen molar-refractivity contribution < 1.29 is 30.6 Å². The first-order valence-electron chi connectivity index (χ1n) is 13.1. The standard InChI is InChI=1S/C30H39N3O6/c1-21-29(38)27(31-24-6-4-23(5-7-24)19-22(12-16-35)3-2-15-34)20-28(30(21)39)32-25-8-10-26(11-9-25)33(13-17-36)14-18-37/h4-11,19-20,31-32,34-39H,2-3,12-18H2,1H3/b22-19-. The Bertz CT molecular complexity index is 1210. The van der Waals surface area contributed by atoms with Gasteiger partial charge in [0.15, 0.2) is 0 Å². The Morgan fingerprint density at radius 2 is 1.26 bits per heavy atom. The highest BCUT2D eigenvalue weighted by Crippen LogP contribution is 2.42. The summed E-state index contributed by atoms with van der Waals surface area (Å²) in [6, 6.07) is 16.7. The molecule has 39 heavy (non-hydrogen) atoms. The summed E-state index contributed by atoms with van der Waals surface area (Å²) in [5.74, 6) is -0.126. The smallest absolute Gasteiger partial charge is 0.145 e. The van der Waals surface area contributed by atoms with Crippen molar-refractivity contribution in [2.45, 2.75) is 26.2 Å². The minimum Gasteiger partial charge on any atom is -0.505 e. The number of nitrogens with zero attached hydrogens (tertiary/aromatic N) is 1. The molecule has 210 valence electrons. The fourth-order valence-corrected chi connectivity index (χ4v) is 4.28. The number of phenolic OH excluding ortho intramolecular Hbond substituents is 2. The van der Waals surface area contributed by atoms with Gasteiger partial charge in [0, 0.05) is 48.9 Å². The van der Waals surface area contributed by atoms with Crippen LogP contribution in [0, 0.1) is 6.92 Å². The predicted molar refractivity (Wildman–Crippen MR) is 156 cm³/mol. The molecule has 0 fully saturated rings. The van der Waals surface area contributed by atoms with Gasteiger partial charge in [-0.3, -0.25) is 0 Å². The topological polar surface area (TPSA) is 149 Å². The number of benzene rings is 3. The monoisotopic (exact) mass is 537 g/mol. The molecule has 3 aromatic carbocycles. The zero-order chi connectivity index (χ0) is 28.2. The van der Waals surface area contributed by atoms with Crippen LogP contribution >= 0.6 is 0 Å². The number of nitrogens with one attached hydrogen (secondary N) is 2. The van der Waals surface area contributed by atoms with Crippen molar-refractivity contribution in [3.63, 3.8) is 0 Å². The van der Waals surface area contributed by atoms with E-state index in [2.05, 4.69) is 10.6 Å². The summed E-state index contributed by atoms with van der Waals surface area (Å²) >= 11 is 0. The summed E-state index contributed by atoms with van der Waals surface area (Å²) < 4.78 is 0. The van der Waals surface area contributed by atoms with Gasteiger partial charge in [0.2, 0.25) is 0 Å². The molecule has 0 saturated heterocycles. The van der Waals surface area contributed by atoms with Crippen LogP contribution in [0.3, 0.4) is 0 Å². The van der Waals surface area contributed by atoms with Gasteiger partial charge in [0.1, 0.15) is 11.5 Å². The summed E-state index contributed by atoms with van der Waals surface area (Å²) in [7, 11) is 0. The first-order chi connectivity index (χ1) is 18.9. The molecule has 3 aromatic rings. The largest absolute Gasteiger partial charge is 0.505 e. The Hall–Kier alpha value is -3.76. The number of anilines is 5. The number of phenols is 2. The van der Waals surface area contributed by atoms with E-state index < -0.39 is 0 Å². The number of aromatic hydroxyl groups is 2. The molecule has 0 saturated carbocycles. The maximum Gasteiger partial charge on any atom is 0.145 e. The van der Waals surface area contributed by atoms with Gasteiger partial charge < -0.3 is 46.2 Å². The minimum atomic E-state index is -0.0657. The van der Waals surface area contributed by atoms with Gasteiger partial charge in [-0.2, -0.15) is 0 Å². The van der Waals surface area contributed by atoms with Gasteiger partial charge in [0.05, 0.1) is 24.6 Å². The lowest BCUT2D eigenvalue weighted by molar-refractivity contribution is 0.281. The number of aliphatic hydroxyl groups is 4. The van der Waals surface area contributed by atoms with Gasteiger partial charge in [-0.05, 0) is 74.2 Å². The number of aliphatic hydroxyl groups excluding tert-OH is 4. The van der Waals surface area contributed by atoms with Crippen LogP contribution < -0.4 is 15.5 Å². The van der Waals surface area contributed by atoms with Crippen LogP contribution in [0.25, 0.3) is 6.08 Å². The van der Waals surface area contributed by atoms with Gasteiger partial charge in [-0.15, -0.1) is 0 Å². The van der Waals surface area contributed by atoms with E-state index in [9.17, 15) is 25.5 Å². The van der Waals surface area contributed by atoms with Crippen LogP contribution in [-0.4, -0.2) is 70.2 Å². The molecule has 0 aliphatic heterocycles. The average molecular weight is 538 g/mol. The molecule has 9 heteroatoms. The number of rotatable bonds is 15. The summed E-state index contributed by atoms with van der Waals surface area (Å²) in [6.07, 6.45) is 3.94. The highest BCUT2D eigenvalue weighted by atomic mass is 16.3. The van der Waals surface area contributed by atoms with E-state index in [1.54, 1.807) is 13.0 Å². The summed E-state index contributed by atoms with van der Waals surface area (Å²) in [5, 5.41) is 64.7. The van der Waals surface area contributed by atoms with Crippen molar-refractivity contribution in [2.24, 2.45) is 0 Å². The zero-order valence-corrected chi connectivity index (χ0v) is 22.3. The van der Waals surface area contributed by atoms with E-state index in [0.717, 1.165) is 28.9 Å². The number of hydrogen-bond acceptors (Lipinski definition) is 9. The highest BCUT2D eigenvalue weighted by Gasteiger charge is 2.15. The Kier molecular flexibility index (Phi) is 11.4. The van der Waals surface area contributed by atoms with E-state index in [1.165, 1.54) is 0 Å². The first kappa shape index (κ1) is 29.8. The molecule has 0 radical (unpaired) electrons. The molecule has 9 nitrogen and oxygen atoms in total. The second-order valence-corrected chi connectivity index (χ2v) is 9.25. The van der Waals surface area contributed by atoms with Crippen LogP contribution in [0.5, 0.6) is 11.5 Å². The van der Waals surface area contributed by atoms with Crippen LogP contribution in [0.15, 0.2) is 60.2 Å². The highest BCUT2D eigenvalue weighted by molar-refractivity contribution is 5.80. The van der Waals surface area contributed by atoms with E-state index in [1.807, 2.05) is 59.5 Å². The third-order valence-corrected chi connectivity index (χ3v) is 6.41. The van der Waals surface area contributed by atoms with Crippen molar-refractivity contribution in [3.05, 3.63) is 71.3 Å². The predicted octanol–water partition coefficient (Wildman–Crippen LogP) is 4.22. The minimum absolute atomic E-state index is 0.0226. The van der Waals surface area contributed by atoms with Crippen LogP contribution in [-0.2, 0) is 0 Å². The van der Waals surface area contributed by atoms with Crippen molar-refractivity contribution in [2.75, 3.05) is 55.1 Å². The van der Waals surface area contributed by atoms with Crippen molar-refractivity contribution in [1.29, 1.82) is 0 Å². The van der Waals surface area contributed by atoms with Crippen molar-refractivity contribution >= 4 is 34.5 Å². The molecule has 0 heterocycles. The van der Waals surface area contributed by atoms with Gasteiger partial charge >= 0.3 is 0 Å². The normalized spacial score (nSPS) is 11.5. The Morgan fingerprint density at radius 3 is 1.74 bits per heavy atom. The second kappa shape index (κ2) is 15.0. The average Bonchev–Trinajstić information content (AvgIpc) is 2.94. The molecule has 0 aliphatic carbocycles. The van der Waals surface area contributed by atoms with E-state index in [0.29, 0.717) is 48.6 Å². The molecule has 3 rings (SSSR count). The molecule has 0 atom stereocenters. The molecule has 8 N–H and O–H groups in total. The van der Waals surface area contributed by atoms with E-state index >= 15 is 0 Å². The van der Waals surface area contributed by atoms with E-state index in [4.69, 9.17) is 5.11 Å². The fraction of sp³-hybridized carbons (Fsp3) is 0.333. The first-order valence-corrected chi connectivity index (χ1v) is 13.1. The maximum atomic E-state index is 10.7.